The van der Waals surface area contributed by atoms with Gasteiger partial charge in [0.2, 0.25) is 0 Å². The van der Waals surface area contributed by atoms with E-state index in [1.165, 1.54) is 0 Å². The Morgan fingerprint density at radius 2 is 1.87 bits per heavy atom. The van der Waals surface area contributed by atoms with Crippen LogP contribution in [0.1, 0.15) is 5.89 Å². The number of hydrogen-bond acceptors (Lipinski definition) is 5. The third kappa shape index (κ3) is 3.57. The van der Waals surface area contributed by atoms with Gasteiger partial charge in [0.25, 0.3) is 11.8 Å². The number of methoxy groups -OCH3 is 1. The van der Waals surface area contributed by atoms with Crippen molar-refractivity contribution in [2.45, 2.75) is 6.61 Å². The summed E-state index contributed by atoms with van der Waals surface area (Å²) in [7, 11) is 1.59. The predicted molar refractivity (Wildman–Crippen MR) is 87.1 cm³/mol. The van der Waals surface area contributed by atoms with E-state index in [0.29, 0.717) is 33.3 Å². The maximum Gasteiger partial charge on any atom is 0.254 e. The van der Waals surface area contributed by atoms with Crippen LogP contribution in [0.15, 0.2) is 46.9 Å². The van der Waals surface area contributed by atoms with Crippen LogP contribution < -0.4 is 9.47 Å². The Hall–Kier alpha value is -2.24. The fourth-order valence-corrected chi connectivity index (χ4v) is 2.24. The molecule has 0 radical (unpaired) electrons. The minimum absolute atomic E-state index is 0.125. The van der Waals surface area contributed by atoms with Crippen molar-refractivity contribution in [3.05, 3.63) is 58.4 Å². The summed E-state index contributed by atoms with van der Waals surface area (Å²) in [6, 6.07) is 12.4. The third-order valence-corrected chi connectivity index (χ3v) is 3.80. The first-order chi connectivity index (χ1) is 11.2. The predicted octanol–water partition coefficient (Wildman–Crippen LogP) is 4.63. The number of aromatic nitrogens is 2. The molecule has 0 amide bonds. The lowest BCUT2D eigenvalue weighted by Crippen LogP contribution is -1.95. The zero-order valence-corrected chi connectivity index (χ0v) is 13.6. The lowest BCUT2D eigenvalue weighted by molar-refractivity contribution is 0.264. The number of rotatable bonds is 5. The molecule has 0 aliphatic carbocycles. The standard InChI is InChI=1S/C16H12Cl2N2O3/c1-21-14-5-3-2-4-11(14)16-20-19-15(23-16)9-22-10-6-7-12(17)13(18)8-10/h2-8H,9H2,1H3. The Labute approximate surface area is 142 Å². The van der Waals surface area contributed by atoms with Gasteiger partial charge in [-0.3, -0.25) is 0 Å². The van der Waals surface area contributed by atoms with Gasteiger partial charge in [0, 0.05) is 6.07 Å². The third-order valence-electron chi connectivity index (χ3n) is 3.06. The van der Waals surface area contributed by atoms with Gasteiger partial charge in [-0.15, -0.1) is 10.2 Å². The zero-order chi connectivity index (χ0) is 16.2. The summed E-state index contributed by atoms with van der Waals surface area (Å²) < 4.78 is 16.4. The zero-order valence-electron chi connectivity index (χ0n) is 12.1. The fraction of sp³-hybridized carbons (Fsp3) is 0.125. The van der Waals surface area contributed by atoms with Gasteiger partial charge in [0.15, 0.2) is 6.61 Å². The molecule has 1 heterocycles. The molecule has 2 aromatic carbocycles. The largest absolute Gasteiger partial charge is 0.496 e. The molecule has 0 bridgehead atoms. The number of hydrogen-bond donors (Lipinski definition) is 0. The molecule has 0 fully saturated rings. The highest BCUT2D eigenvalue weighted by Crippen LogP contribution is 2.29. The van der Waals surface area contributed by atoms with E-state index in [0.717, 1.165) is 5.56 Å². The molecule has 0 atom stereocenters. The van der Waals surface area contributed by atoms with Crippen LogP contribution in [-0.4, -0.2) is 17.3 Å². The monoisotopic (exact) mass is 350 g/mol. The average Bonchev–Trinajstić information content (AvgIpc) is 3.04. The average molecular weight is 351 g/mol. The molecule has 0 unspecified atom stereocenters. The van der Waals surface area contributed by atoms with E-state index in [4.69, 9.17) is 37.1 Å². The van der Waals surface area contributed by atoms with Crippen molar-refractivity contribution >= 4 is 23.2 Å². The van der Waals surface area contributed by atoms with Crippen molar-refractivity contribution in [2.24, 2.45) is 0 Å². The highest BCUT2D eigenvalue weighted by atomic mass is 35.5. The molecule has 0 saturated heterocycles. The Bertz CT molecular complexity index is 821. The summed E-state index contributed by atoms with van der Waals surface area (Å²) in [5, 5.41) is 8.87. The van der Waals surface area contributed by atoms with Gasteiger partial charge in [-0.1, -0.05) is 35.3 Å². The normalized spacial score (nSPS) is 10.6. The van der Waals surface area contributed by atoms with Crippen LogP contribution in [0.25, 0.3) is 11.5 Å². The molecule has 0 aliphatic heterocycles. The first-order valence-corrected chi connectivity index (χ1v) is 7.46. The van der Waals surface area contributed by atoms with Gasteiger partial charge in [-0.25, -0.2) is 0 Å². The number of benzene rings is 2. The van der Waals surface area contributed by atoms with Crippen molar-refractivity contribution in [3.63, 3.8) is 0 Å². The topological polar surface area (TPSA) is 57.4 Å². The van der Waals surface area contributed by atoms with Gasteiger partial charge >= 0.3 is 0 Å². The second-order valence-corrected chi connectivity index (χ2v) is 5.38. The van der Waals surface area contributed by atoms with Crippen molar-refractivity contribution < 1.29 is 13.9 Å². The van der Waals surface area contributed by atoms with E-state index in [1.807, 2.05) is 24.3 Å². The summed E-state index contributed by atoms with van der Waals surface area (Å²) in [5.74, 6) is 1.94. The van der Waals surface area contributed by atoms with E-state index < -0.39 is 0 Å². The van der Waals surface area contributed by atoms with Gasteiger partial charge < -0.3 is 13.9 Å². The van der Waals surface area contributed by atoms with Gasteiger partial charge in [-0.2, -0.15) is 0 Å². The molecule has 0 spiro atoms. The molecule has 3 aromatic rings. The van der Waals surface area contributed by atoms with Crippen molar-refractivity contribution in [2.75, 3.05) is 7.11 Å². The van der Waals surface area contributed by atoms with Crippen molar-refractivity contribution in [1.82, 2.24) is 10.2 Å². The summed E-state index contributed by atoms with van der Waals surface area (Å²) in [6.07, 6.45) is 0. The summed E-state index contributed by atoms with van der Waals surface area (Å²) in [4.78, 5) is 0. The van der Waals surface area contributed by atoms with E-state index >= 15 is 0 Å². The second kappa shape index (κ2) is 6.89. The van der Waals surface area contributed by atoms with Gasteiger partial charge in [0.1, 0.15) is 11.5 Å². The van der Waals surface area contributed by atoms with Crippen LogP contribution >= 0.6 is 23.2 Å². The van der Waals surface area contributed by atoms with Gasteiger partial charge in [0.05, 0.1) is 22.7 Å². The Balaban J connectivity index is 1.73. The number of nitrogens with zero attached hydrogens (tertiary/aromatic N) is 2. The van der Waals surface area contributed by atoms with Crippen LogP contribution in [0.5, 0.6) is 11.5 Å². The fourth-order valence-electron chi connectivity index (χ4n) is 1.95. The Morgan fingerprint density at radius 1 is 1.04 bits per heavy atom. The van der Waals surface area contributed by atoms with Crippen LogP contribution in [-0.2, 0) is 6.61 Å². The van der Waals surface area contributed by atoms with Crippen LogP contribution in [0.3, 0.4) is 0 Å². The maximum absolute atomic E-state index is 5.94. The lowest BCUT2D eigenvalue weighted by atomic mass is 10.2. The minimum atomic E-state index is 0.125. The summed E-state index contributed by atoms with van der Waals surface area (Å²) in [6.45, 7) is 0.125. The van der Waals surface area contributed by atoms with E-state index in [1.54, 1.807) is 25.3 Å². The molecule has 0 saturated carbocycles. The number of ether oxygens (including phenoxy) is 2. The molecular weight excluding hydrogens is 339 g/mol. The van der Waals surface area contributed by atoms with E-state index in [-0.39, 0.29) is 6.61 Å². The molecule has 3 rings (SSSR count). The number of halogens is 2. The highest BCUT2D eigenvalue weighted by molar-refractivity contribution is 6.42. The maximum atomic E-state index is 5.94. The smallest absolute Gasteiger partial charge is 0.254 e. The molecule has 0 aliphatic rings. The van der Waals surface area contributed by atoms with Crippen LogP contribution in [0, 0.1) is 0 Å². The Kier molecular flexibility index (Phi) is 4.69. The van der Waals surface area contributed by atoms with Crippen molar-refractivity contribution in [3.8, 4) is 23.0 Å². The van der Waals surface area contributed by atoms with Gasteiger partial charge in [-0.05, 0) is 24.3 Å². The summed E-state index contributed by atoms with van der Waals surface area (Å²) >= 11 is 11.8. The quantitative estimate of drug-likeness (QED) is 0.671. The van der Waals surface area contributed by atoms with Crippen molar-refractivity contribution in [1.29, 1.82) is 0 Å². The second-order valence-electron chi connectivity index (χ2n) is 4.57. The highest BCUT2D eigenvalue weighted by Gasteiger charge is 2.13. The molecular formula is C16H12Cl2N2O3. The molecule has 5 nitrogen and oxygen atoms in total. The van der Waals surface area contributed by atoms with Crippen LogP contribution in [0.2, 0.25) is 10.0 Å². The van der Waals surface area contributed by atoms with Crippen LogP contribution in [0.4, 0.5) is 0 Å². The lowest BCUT2D eigenvalue weighted by Gasteiger charge is -2.05. The molecule has 23 heavy (non-hydrogen) atoms. The summed E-state index contributed by atoms with van der Waals surface area (Å²) in [5.41, 5.74) is 0.725. The first kappa shape index (κ1) is 15.6. The van der Waals surface area contributed by atoms with E-state index in [9.17, 15) is 0 Å². The molecule has 118 valence electrons. The number of para-hydroxylation sites is 1. The first-order valence-electron chi connectivity index (χ1n) is 6.71. The van der Waals surface area contributed by atoms with E-state index in [2.05, 4.69) is 10.2 Å². The SMILES string of the molecule is COc1ccccc1-c1nnc(COc2ccc(Cl)c(Cl)c2)o1. The minimum Gasteiger partial charge on any atom is -0.496 e. The molecule has 1 aromatic heterocycles. The molecule has 7 heteroatoms. The molecule has 0 N–H and O–H groups in total. The Morgan fingerprint density at radius 3 is 2.65 bits per heavy atom.